The van der Waals surface area contributed by atoms with Crippen LogP contribution in [0.5, 0.6) is 5.75 Å². The third kappa shape index (κ3) is 4.14. The normalized spacial score (nSPS) is 13.1. The van der Waals surface area contributed by atoms with Crippen molar-refractivity contribution in [3.63, 3.8) is 0 Å². The van der Waals surface area contributed by atoms with Gasteiger partial charge in [-0.1, -0.05) is 41.7 Å². The molecule has 0 atom stereocenters. The molecular formula is C22H23ClN4OS. The molecule has 150 valence electrons. The van der Waals surface area contributed by atoms with Crippen LogP contribution in [-0.4, -0.2) is 26.9 Å². The van der Waals surface area contributed by atoms with E-state index in [-0.39, 0.29) is 12.4 Å². The largest absolute Gasteiger partial charge is 0.497 e. The molecule has 1 aliphatic rings. The Morgan fingerprint density at radius 2 is 1.69 bits per heavy atom. The van der Waals surface area contributed by atoms with Crippen LogP contribution in [0.3, 0.4) is 0 Å². The maximum Gasteiger partial charge on any atom is 0.234 e. The molecule has 5 rings (SSSR count). The number of hydrogen-bond donors (Lipinski definition) is 0. The van der Waals surface area contributed by atoms with Crippen LogP contribution in [0.15, 0.2) is 42.5 Å². The van der Waals surface area contributed by atoms with Gasteiger partial charge in [-0.2, -0.15) is 9.61 Å². The van der Waals surface area contributed by atoms with E-state index in [1.807, 2.05) is 16.6 Å². The zero-order valence-corrected chi connectivity index (χ0v) is 17.9. The predicted octanol–water partition coefficient (Wildman–Crippen LogP) is 4.68. The van der Waals surface area contributed by atoms with Gasteiger partial charge < -0.3 is 4.74 Å². The molecule has 29 heavy (non-hydrogen) atoms. The van der Waals surface area contributed by atoms with Crippen molar-refractivity contribution in [1.29, 1.82) is 0 Å². The van der Waals surface area contributed by atoms with E-state index in [1.165, 1.54) is 47.9 Å². The van der Waals surface area contributed by atoms with Gasteiger partial charge in [0.1, 0.15) is 10.8 Å². The van der Waals surface area contributed by atoms with Crippen LogP contribution < -0.4 is 4.74 Å². The molecule has 0 saturated carbocycles. The number of aryl methyl sites for hydroxylation is 2. The van der Waals surface area contributed by atoms with Gasteiger partial charge in [0.05, 0.1) is 7.11 Å². The fourth-order valence-corrected chi connectivity index (χ4v) is 4.76. The molecule has 1 aliphatic carbocycles. The molecule has 0 fully saturated rings. The van der Waals surface area contributed by atoms with Crippen LogP contribution in [0.1, 0.15) is 45.9 Å². The lowest BCUT2D eigenvalue weighted by Crippen LogP contribution is -2.03. The summed E-state index contributed by atoms with van der Waals surface area (Å²) in [5, 5.41) is 14.5. The summed E-state index contributed by atoms with van der Waals surface area (Å²) in [5.41, 5.74) is 5.54. The summed E-state index contributed by atoms with van der Waals surface area (Å²) >= 11 is 1.63. The highest BCUT2D eigenvalue weighted by molar-refractivity contribution is 7.16. The zero-order valence-electron chi connectivity index (χ0n) is 16.3. The summed E-state index contributed by atoms with van der Waals surface area (Å²) in [7, 11) is 1.68. The Bertz CT molecular complexity index is 1120. The van der Waals surface area contributed by atoms with Gasteiger partial charge in [0.2, 0.25) is 4.96 Å². The molecule has 0 bridgehead atoms. The van der Waals surface area contributed by atoms with Gasteiger partial charge in [-0.3, -0.25) is 0 Å². The number of nitrogens with zero attached hydrogens (tertiary/aromatic N) is 4. The second-order valence-electron chi connectivity index (χ2n) is 7.32. The summed E-state index contributed by atoms with van der Waals surface area (Å²) < 4.78 is 7.12. The Kier molecular flexibility index (Phi) is 5.83. The average molecular weight is 427 g/mol. The Hall–Kier alpha value is -2.44. The second-order valence-corrected chi connectivity index (χ2v) is 8.36. The van der Waals surface area contributed by atoms with Crippen LogP contribution in [0.2, 0.25) is 0 Å². The Morgan fingerprint density at radius 1 is 0.931 bits per heavy atom. The molecule has 0 amide bonds. The fraction of sp³-hybridized carbons (Fsp3) is 0.318. The van der Waals surface area contributed by atoms with Gasteiger partial charge >= 0.3 is 0 Å². The first-order valence-electron chi connectivity index (χ1n) is 9.72. The molecule has 4 aromatic rings. The maximum atomic E-state index is 5.23. The van der Waals surface area contributed by atoms with Crippen molar-refractivity contribution in [1.82, 2.24) is 19.8 Å². The highest BCUT2D eigenvalue weighted by Gasteiger charge is 2.14. The van der Waals surface area contributed by atoms with Crippen LogP contribution in [0, 0.1) is 0 Å². The molecule has 0 aliphatic heterocycles. The van der Waals surface area contributed by atoms with Crippen molar-refractivity contribution in [3.8, 4) is 5.75 Å². The Labute approximate surface area is 180 Å². The highest BCUT2D eigenvalue weighted by Crippen LogP contribution is 2.25. The first-order valence-corrected chi connectivity index (χ1v) is 10.5. The van der Waals surface area contributed by atoms with E-state index in [0.29, 0.717) is 6.42 Å². The van der Waals surface area contributed by atoms with Gasteiger partial charge in [-0.25, -0.2) is 0 Å². The summed E-state index contributed by atoms with van der Waals surface area (Å²) in [4.78, 5) is 0.858. The lowest BCUT2D eigenvalue weighted by Gasteiger charge is -2.16. The lowest BCUT2D eigenvalue weighted by molar-refractivity contribution is 0.414. The third-order valence-corrected chi connectivity index (χ3v) is 6.29. The van der Waals surface area contributed by atoms with E-state index >= 15 is 0 Å². The number of fused-ring (bicyclic) bond motifs is 2. The summed E-state index contributed by atoms with van der Waals surface area (Å²) in [6.45, 7) is 0. The predicted molar refractivity (Wildman–Crippen MR) is 118 cm³/mol. The van der Waals surface area contributed by atoms with E-state index < -0.39 is 0 Å². The van der Waals surface area contributed by atoms with Crippen LogP contribution in [-0.2, 0) is 25.7 Å². The number of ether oxygens (including phenoxy) is 1. The molecule has 0 unspecified atom stereocenters. The average Bonchev–Trinajstić information content (AvgIpc) is 3.29. The summed E-state index contributed by atoms with van der Waals surface area (Å²) in [6, 6.07) is 15.0. The van der Waals surface area contributed by atoms with Crippen LogP contribution >= 0.6 is 23.7 Å². The number of halogens is 1. The summed E-state index contributed by atoms with van der Waals surface area (Å²) in [5.74, 6) is 1.73. The van der Waals surface area contributed by atoms with Gasteiger partial charge in [-0.05, 0) is 60.1 Å². The summed E-state index contributed by atoms with van der Waals surface area (Å²) in [6.07, 6.45) is 6.61. The van der Waals surface area contributed by atoms with E-state index in [9.17, 15) is 0 Å². The van der Waals surface area contributed by atoms with Crippen LogP contribution in [0.4, 0.5) is 0 Å². The molecule has 5 nitrogen and oxygen atoms in total. The van der Waals surface area contributed by atoms with E-state index in [0.717, 1.165) is 28.0 Å². The molecule has 7 heteroatoms. The molecule has 2 heterocycles. The third-order valence-electron chi connectivity index (χ3n) is 5.39. The Morgan fingerprint density at radius 3 is 2.48 bits per heavy atom. The molecule has 0 spiro atoms. The number of benzene rings is 2. The van der Waals surface area contributed by atoms with Gasteiger partial charge in [0.15, 0.2) is 5.82 Å². The topological polar surface area (TPSA) is 52.3 Å². The lowest BCUT2D eigenvalue weighted by atomic mass is 9.90. The van der Waals surface area contributed by atoms with Gasteiger partial charge in [0.25, 0.3) is 0 Å². The number of methoxy groups -OCH3 is 1. The van der Waals surface area contributed by atoms with Crippen molar-refractivity contribution in [2.75, 3.05) is 7.11 Å². The second kappa shape index (κ2) is 8.51. The molecule has 2 aromatic heterocycles. The zero-order chi connectivity index (χ0) is 18.9. The number of aromatic nitrogens is 4. The molecule has 2 aromatic carbocycles. The maximum absolute atomic E-state index is 5.23. The minimum atomic E-state index is 0. The minimum Gasteiger partial charge on any atom is -0.497 e. The molecule has 0 N–H and O–H groups in total. The Balaban J connectivity index is 0.00000205. The van der Waals surface area contributed by atoms with Crippen molar-refractivity contribution in [2.45, 2.75) is 38.5 Å². The minimum absolute atomic E-state index is 0. The van der Waals surface area contributed by atoms with Crippen molar-refractivity contribution in [3.05, 3.63) is 75.6 Å². The molecule has 0 radical (unpaired) electrons. The smallest absolute Gasteiger partial charge is 0.234 e. The SMILES string of the molecule is COc1ccc(Cc2nnc3sc(Cc4ccc5c(c4)CCCC5)nn23)cc1.Cl. The van der Waals surface area contributed by atoms with Crippen molar-refractivity contribution in [2.24, 2.45) is 0 Å². The van der Waals surface area contributed by atoms with E-state index in [2.05, 4.69) is 40.5 Å². The van der Waals surface area contributed by atoms with Crippen molar-refractivity contribution < 1.29 is 4.74 Å². The number of rotatable bonds is 5. The van der Waals surface area contributed by atoms with Gasteiger partial charge in [0, 0.05) is 12.8 Å². The van der Waals surface area contributed by atoms with E-state index in [4.69, 9.17) is 9.84 Å². The quantitative estimate of drug-likeness (QED) is 0.465. The highest BCUT2D eigenvalue weighted by atomic mass is 35.5. The monoisotopic (exact) mass is 426 g/mol. The molecular weight excluding hydrogens is 404 g/mol. The first-order chi connectivity index (χ1) is 13.8. The number of hydrogen-bond acceptors (Lipinski definition) is 5. The van der Waals surface area contributed by atoms with E-state index in [1.54, 1.807) is 18.4 Å². The molecule has 0 saturated heterocycles. The van der Waals surface area contributed by atoms with Crippen molar-refractivity contribution >= 4 is 28.7 Å². The van der Waals surface area contributed by atoms with Crippen LogP contribution in [0.25, 0.3) is 4.96 Å². The standard InChI is InChI=1S/C22H22N4OS.ClH/c1-27-19-10-7-15(8-11-19)13-20-23-24-22-26(20)25-21(28-22)14-16-6-9-17-4-2-3-5-18(17)12-16;/h6-12H,2-5,13-14H2,1H3;1H. The van der Waals surface area contributed by atoms with Gasteiger partial charge in [-0.15, -0.1) is 22.6 Å². The fourth-order valence-electron chi connectivity index (χ4n) is 3.88. The first kappa shape index (κ1) is 19.9.